The van der Waals surface area contributed by atoms with Crippen LogP contribution < -0.4 is 5.73 Å². The van der Waals surface area contributed by atoms with Gasteiger partial charge in [0.25, 0.3) is 11.4 Å². The zero-order valence-electron chi connectivity index (χ0n) is 11.7. The number of non-ortho nitro benzene ring substituents is 2. The Labute approximate surface area is 151 Å². The summed E-state index contributed by atoms with van der Waals surface area (Å²) < 4.78 is 1.11. The van der Waals surface area contributed by atoms with Gasteiger partial charge in [0.1, 0.15) is 0 Å². The summed E-state index contributed by atoms with van der Waals surface area (Å²) in [6, 6.07) is 8.31. The number of halogens is 2. The van der Waals surface area contributed by atoms with Crippen molar-refractivity contribution in [2.24, 2.45) is 4.99 Å². The molecule has 0 bridgehead atoms. The maximum Gasteiger partial charge on any atom is 0.272 e. The molecular formula is C13H8Br2N4O5. The highest BCUT2D eigenvalue weighted by Gasteiger charge is 2.08. The number of nitro groups is 2. The first-order valence-corrected chi connectivity index (χ1v) is 7.55. The molecule has 0 unspecified atom stereocenters. The van der Waals surface area contributed by atoms with Gasteiger partial charge in [0.05, 0.1) is 15.5 Å². The fourth-order valence-corrected chi connectivity index (χ4v) is 2.45. The van der Waals surface area contributed by atoms with Crippen LogP contribution >= 0.6 is 31.9 Å². The van der Waals surface area contributed by atoms with Gasteiger partial charge in [-0.15, -0.1) is 0 Å². The number of anilines is 1. The van der Waals surface area contributed by atoms with E-state index in [1.807, 2.05) is 0 Å². The van der Waals surface area contributed by atoms with E-state index in [-0.39, 0.29) is 17.1 Å². The standard InChI is InChI=1S/C7H3BrN2O3.C6H5BrN2O2/c8-5-1-6(9-4-11)3-7(2-5)10(12)13;7-4-1-5(8)3-6(2-4)9(10)11/h1-3H;1-3H,8H2. The third kappa shape index (κ3) is 6.24. The largest absolute Gasteiger partial charge is 0.398 e. The summed E-state index contributed by atoms with van der Waals surface area (Å²) in [5.74, 6) is 0. The molecular weight excluding hydrogens is 452 g/mol. The van der Waals surface area contributed by atoms with Crippen LogP contribution in [0.4, 0.5) is 22.7 Å². The summed E-state index contributed by atoms with van der Waals surface area (Å²) in [4.78, 5) is 32.7. The van der Waals surface area contributed by atoms with Gasteiger partial charge in [0.2, 0.25) is 6.08 Å². The number of hydrogen-bond acceptors (Lipinski definition) is 7. The zero-order valence-corrected chi connectivity index (χ0v) is 14.9. The highest BCUT2D eigenvalue weighted by Crippen LogP contribution is 2.26. The number of nitrogens with zero attached hydrogens (tertiary/aromatic N) is 3. The van der Waals surface area contributed by atoms with E-state index in [0.29, 0.717) is 14.6 Å². The molecule has 2 rings (SSSR count). The molecule has 0 saturated carbocycles. The average Bonchev–Trinajstić information content (AvgIpc) is 2.46. The molecule has 0 fully saturated rings. The van der Waals surface area contributed by atoms with Gasteiger partial charge in [-0.2, -0.15) is 4.99 Å². The highest BCUT2D eigenvalue weighted by molar-refractivity contribution is 9.10. The quantitative estimate of drug-likeness (QED) is 0.239. The number of carbonyl (C=O) groups excluding carboxylic acids is 1. The van der Waals surface area contributed by atoms with E-state index in [9.17, 15) is 25.0 Å². The monoisotopic (exact) mass is 458 g/mol. The van der Waals surface area contributed by atoms with Crippen LogP contribution in [-0.2, 0) is 4.79 Å². The Balaban J connectivity index is 0.000000243. The fourth-order valence-electron chi connectivity index (χ4n) is 1.48. The number of nitro benzene ring substituents is 2. The molecule has 2 aromatic carbocycles. The second-order valence-electron chi connectivity index (χ2n) is 4.13. The van der Waals surface area contributed by atoms with Crippen molar-refractivity contribution < 1.29 is 14.6 Å². The van der Waals surface area contributed by atoms with Crippen molar-refractivity contribution in [2.75, 3.05) is 5.73 Å². The van der Waals surface area contributed by atoms with Crippen LogP contribution in [0.3, 0.4) is 0 Å². The molecule has 0 radical (unpaired) electrons. The lowest BCUT2D eigenvalue weighted by molar-refractivity contribution is -0.385. The van der Waals surface area contributed by atoms with Crippen LogP contribution in [0.2, 0.25) is 0 Å². The Bertz CT molecular complexity index is 797. The van der Waals surface area contributed by atoms with Crippen molar-refractivity contribution in [3.8, 4) is 0 Å². The highest BCUT2D eigenvalue weighted by atomic mass is 79.9. The minimum Gasteiger partial charge on any atom is -0.398 e. The van der Waals surface area contributed by atoms with Gasteiger partial charge in [-0.05, 0) is 12.1 Å². The van der Waals surface area contributed by atoms with E-state index >= 15 is 0 Å². The normalized spacial score (nSPS) is 9.25. The minimum absolute atomic E-state index is 0.00289. The Morgan fingerprint density at radius 2 is 1.42 bits per heavy atom. The lowest BCUT2D eigenvalue weighted by Crippen LogP contribution is -1.90. The molecule has 0 saturated heterocycles. The van der Waals surface area contributed by atoms with Gasteiger partial charge < -0.3 is 5.73 Å². The summed E-state index contributed by atoms with van der Waals surface area (Å²) in [7, 11) is 0. The number of nitrogens with two attached hydrogens (primary N) is 1. The van der Waals surface area contributed by atoms with Crippen LogP contribution in [0.25, 0.3) is 0 Å². The molecule has 0 aromatic heterocycles. The molecule has 11 heteroatoms. The number of aliphatic imine (C=N–C) groups is 1. The first-order chi connectivity index (χ1) is 11.2. The number of hydrogen-bond donors (Lipinski definition) is 1. The van der Waals surface area contributed by atoms with Crippen LogP contribution in [0.15, 0.2) is 50.3 Å². The van der Waals surface area contributed by atoms with Gasteiger partial charge in [0, 0.05) is 38.9 Å². The van der Waals surface area contributed by atoms with E-state index in [1.165, 1.54) is 36.4 Å². The fraction of sp³-hybridized carbons (Fsp3) is 0. The summed E-state index contributed by atoms with van der Waals surface area (Å²) in [5, 5.41) is 20.6. The number of benzene rings is 2. The second kappa shape index (κ2) is 8.87. The third-order valence-electron chi connectivity index (χ3n) is 2.37. The van der Waals surface area contributed by atoms with E-state index in [4.69, 9.17) is 5.73 Å². The van der Waals surface area contributed by atoms with E-state index < -0.39 is 9.85 Å². The molecule has 2 N–H and O–H groups in total. The molecule has 0 atom stereocenters. The Hall–Kier alpha value is -2.62. The molecule has 24 heavy (non-hydrogen) atoms. The molecule has 9 nitrogen and oxygen atoms in total. The Morgan fingerprint density at radius 1 is 0.917 bits per heavy atom. The number of isocyanates is 1. The van der Waals surface area contributed by atoms with E-state index in [2.05, 4.69) is 36.9 Å². The Morgan fingerprint density at radius 3 is 1.88 bits per heavy atom. The van der Waals surface area contributed by atoms with Gasteiger partial charge in [-0.3, -0.25) is 20.2 Å². The molecule has 0 aliphatic heterocycles. The summed E-state index contributed by atoms with van der Waals surface area (Å²) >= 11 is 6.15. The van der Waals surface area contributed by atoms with Crippen molar-refractivity contribution in [3.63, 3.8) is 0 Å². The van der Waals surface area contributed by atoms with Gasteiger partial charge >= 0.3 is 0 Å². The van der Waals surface area contributed by atoms with Crippen molar-refractivity contribution in [3.05, 3.63) is 65.6 Å². The first-order valence-electron chi connectivity index (χ1n) is 5.96. The van der Waals surface area contributed by atoms with Crippen molar-refractivity contribution >= 4 is 60.7 Å². The summed E-state index contributed by atoms with van der Waals surface area (Å²) in [6.07, 6.45) is 1.31. The molecule has 0 amide bonds. The maximum absolute atomic E-state index is 10.4. The Kier molecular flexibility index (Phi) is 7.18. The zero-order chi connectivity index (χ0) is 18.3. The average molecular weight is 460 g/mol. The maximum atomic E-state index is 10.4. The number of rotatable bonds is 3. The van der Waals surface area contributed by atoms with E-state index in [0.717, 1.165) is 0 Å². The SMILES string of the molecule is Nc1cc(Br)cc([N+](=O)[O-])c1.O=C=Nc1cc(Br)cc([N+](=O)[O-])c1. The lowest BCUT2D eigenvalue weighted by Gasteiger charge is -1.94. The minimum atomic E-state index is -0.561. The summed E-state index contributed by atoms with van der Waals surface area (Å²) in [5.41, 5.74) is 5.82. The van der Waals surface area contributed by atoms with Crippen molar-refractivity contribution in [2.45, 2.75) is 0 Å². The lowest BCUT2D eigenvalue weighted by atomic mass is 10.3. The van der Waals surface area contributed by atoms with E-state index in [1.54, 1.807) is 6.07 Å². The van der Waals surface area contributed by atoms with Gasteiger partial charge in [-0.25, -0.2) is 4.79 Å². The molecule has 0 heterocycles. The molecule has 2 aromatic rings. The van der Waals surface area contributed by atoms with Crippen molar-refractivity contribution in [1.82, 2.24) is 0 Å². The smallest absolute Gasteiger partial charge is 0.272 e. The van der Waals surface area contributed by atoms with Crippen LogP contribution in [0.5, 0.6) is 0 Å². The molecule has 124 valence electrons. The van der Waals surface area contributed by atoms with Crippen molar-refractivity contribution in [1.29, 1.82) is 0 Å². The van der Waals surface area contributed by atoms with Crippen LogP contribution in [-0.4, -0.2) is 15.9 Å². The van der Waals surface area contributed by atoms with Crippen LogP contribution in [0.1, 0.15) is 0 Å². The molecule has 0 aliphatic rings. The van der Waals surface area contributed by atoms with Gasteiger partial charge in [0.15, 0.2) is 0 Å². The molecule has 0 spiro atoms. The number of nitrogen functional groups attached to an aromatic ring is 1. The predicted octanol–water partition coefficient (Wildman–Crippen LogP) is 4.26. The van der Waals surface area contributed by atoms with Crippen LogP contribution in [0, 0.1) is 20.2 Å². The van der Waals surface area contributed by atoms with Gasteiger partial charge in [-0.1, -0.05) is 31.9 Å². The summed E-state index contributed by atoms with van der Waals surface area (Å²) in [6.45, 7) is 0. The third-order valence-corrected chi connectivity index (χ3v) is 3.28. The molecule has 0 aliphatic carbocycles. The first kappa shape index (κ1) is 19.4. The second-order valence-corrected chi connectivity index (χ2v) is 5.96. The predicted molar refractivity (Wildman–Crippen MR) is 93.8 cm³/mol. The topological polar surface area (TPSA) is 142 Å².